The fourth-order valence-corrected chi connectivity index (χ4v) is 3.93. The Morgan fingerprint density at radius 3 is 2.83 bits per heavy atom. The van der Waals surface area contributed by atoms with Crippen LogP contribution in [0.15, 0.2) is 28.0 Å². The van der Waals surface area contributed by atoms with E-state index in [4.69, 9.17) is 4.42 Å². The number of thioether (sulfide) groups is 1. The molecule has 1 amide bonds. The van der Waals surface area contributed by atoms with Crippen molar-refractivity contribution in [2.24, 2.45) is 0 Å². The van der Waals surface area contributed by atoms with Gasteiger partial charge in [0.05, 0.1) is 12.0 Å². The van der Waals surface area contributed by atoms with Gasteiger partial charge >= 0.3 is 0 Å². The van der Waals surface area contributed by atoms with Crippen LogP contribution in [-0.2, 0) is 4.79 Å². The lowest BCUT2D eigenvalue weighted by molar-refractivity contribution is -0.119. The third-order valence-corrected chi connectivity index (χ3v) is 5.07. The Morgan fingerprint density at radius 1 is 1.38 bits per heavy atom. The summed E-state index contributed by atoms with van der Waals surface area (Å²) in [5.74, 6) is 1.86. The van der Waals surface area contributed by atoms with Crippen molar-refractivity contribution in [1.29, 1.82) is 0 Å². The molecule has 130 valence electrons. The fourth-order valence-electron chi connectivity index (χ4n) is 3.11. The van der Waals surface area contributed by atoms with Crippen molar-refractivity contribution in [2.45, 2.75) is 63.2 Å². The molecule has 1 N–H and O–H groups in total. The number of carbonyl (C=O) groups excluding carboxylic acids is 1. The van der Waals surface area contributed by atoms with E-state index in [0.717, 1.165) is 29.6 Å². The molecule has 2 aromatic heterocycles. The fraction of sp³-hybridized carbons (Fsp3) is 0.588. The van der Waals surface area contributed by atoms with Crippen LogP contribution in [0, 0.1) is 0 Å². The van der Waals surface area contributed by atoms with Crippen LogP contribution in [0.4, 0.5) is 0 Å². The third kappa shape index (κ3) is 4.01. The van der Waals surface area contributed by atoms with E-state index in [1.165, 1.54) is 31.0 Å². The Balaban J connectivity index is 1.81. The maximum absolute atomic E-state index is 11.9. The molecule has 1 aliphatic rings. The van der Waals surface area contributed by atoms with Crippen molar-refractivity contribution >= 4 is 17.7 Å². The van der Waals surface area contributed by atoms with Gasteiger partial charge in [-0.1, -0.05) is 31.0 Å². The van der Waals surface area contributed by atoms with Gasteiger partial charge in [0.25, 0.3) is 0 Å². The maximum Gasteiger partial charge on any atom is 0.230 e. The monoisotopic (exact) mass is 348 g/mol. The normalized spacial score (nSPS) is 15.8. The lowest BCUT2D eigenvalue weighted by Crippen LogP contribution is -2.31. The number of nitrogens with one attached hydrogen (secondary N) is 1. The molecule has 0 unspecified atom stereocenters. The minimum absolute atomic E-state index is 0.0211. The average molecular weight is 348 g/mol. The number of furan rings is 1. The van der Waals surface area contributed by atoms with Gasteiger partial charge in [-0.05, 0) is 38.8 Å². The van der Waals surface area contributed by atoms with Crippen LogP contribution in [0.1, 0.15) is 52.0 Å². The number of hydrogen-bond donors (Lipinski definition) is 1. The minimum Gasteiger partial charge on any atom is -0.461 e. The van der Waals surface area contributed by atoms with E-state index in [9.17, 15) is 4.79 Å². The molecule has 2 aromatic rings. The summed E-state index contributed by atoms with van der Waals surface area (Å²) in [5, 5.41) is 12.4. The Bertz CT molecular complexity index is 660. The molecule has 0 bridgehead atoms. The van der Waals surface area contributed by atoms with E-state index in [1.54, 1.807) is 6.26 Å². The molecule has 0 atom stereocenters. The van der Waals surface area contributed by atoms with Crippen LogP contribution in [-0.4, -0.2) is 32.5 Å². The Labute approximate surface area is 146 Å². The van der Waals surface area contributed by atoms with Gasteiger partial charge < -0.3 is 9.73 Å². The lowest BCUT2D eigenvalue weighted by Gasteiger charge is -2.25. The molecule has 24 heavy (non-hydrogen) atoms. The topological polar surface area (TPSA) is 73.0 Å². The van der Waals surface area contributed by atoms with Crippen molar-refractivity contribution < 1.29 is 9.21 Å². The number of nitrogens with zero attached hydrogens (tertiary/aromatic N) is 3. The summed E-state index contributed by atoms with van der Waals surface area (Å²) in [6.45, 7) is 3.92. The predicted octanol–water partition coefficient (Wildman–Crippen LogP) is 3.66. The maximum atomic E-state index is 11.9. The zero-order chi connectivity index (χ0) is 16.9. The summed E-state index contributed by atoms with van der Waals surface area (Å²) < 4.78 is 7.70. The molecular weight excluding hydrogens is 324 g/mol. The Morgan fingerprint density at radius 2 is 2.17 bits per heavy atom. The van der Waals surface area contributed by atoms with Crippen LogP contribution in [0.3, 0.4) is 0 Å². The summed E-state index contributed by atoms with van der Waals surface area (Å²) in [4.78, 5) is 11.9. The van der Waals surface area contributed by atoms with Crippen molar-refractivity contribution in [3.63, 3.8) is 0 Å². The van der Waals surface area contributed by atoms with E-state index in [-0.39, 0.29) is 11.9 Å². The minimum atomic E-state index is 0.0211. The highest BCUT2D eigenvalue weighted by atomic mass is 32.2. The second kappa shape index (κ2) is 7.88. The SMILES string of the molecule is CC(C)NC(=O)CSc1nnc(-c2ccco2)n1C1CCCCC1. The molecule has 2 heterocycles. The van der Waals surface area contributed by atoms with Crippen LogP contribution < -0.4 is 5.32 Å². The van der Waals surface area contributed by atoms with Crippen LogP contribution >= 0.6 is 11.8 Å². The number of amides is 1. The highest BCUT2D eigenvalue weighted by Gasteiger charge is 2.25. The first-order valence-electron chi connectivity index (χ1n) is 8.56. The second-order valence-electron chi connectivity index (χ2n) is 6.46. The van der Waals surface area contributed by atoms with Gasteiger partial charge in [0.1, 0.15) is 0 Å². The van der Waals surface area contributed by atoms with Gasteiger partial charge in [-0.2, -0.15) is 0 Å². The molecule has 6 nitrogen and oxygen atoms in total. The molecule has 0 aliphatic heterocycles. The van der Waals surface area contributed by atoms with E-state index in [1.807, 2.05) is 26.0 Å². The van der Waals surface area contributed by atoms with Crippen molar-refractivity contribution in [1.82, 2.24) is 20.1 Å². The molecule has 0 saturated heterocycles. The van der Waals surface area contributed by atoms with Crippen molar-refractivity contribution in [2.75, 3.05) is 5.75 Å². The first-order valence-corrected chi connectivity index (χ1v) is 9.54. The number of rotatable bonds is 6. The first-order chi connectivity index (χ1) is 11.6. The summed E-state index contributed by atoms with van der Waals surface area (Å²) in [7, 11) is 0. The van der Waals surface area contributed by atoms with Crippen molar-refractivity contribution in [3.05, 3.63) is 18.4 Å². The summed E-state index contributed by atoms with van der Waals surface area (Å²) in [6, 6.07) is 4.29. The van der Waals surface area contributed by atoms with E-state index in [2.05, 4.69) is 20.1 Å². The molecule has 3 rings (SSSR count). The highest BCUT2D eigenvalue weighted by Crippen LogP contribution is 2.35. The van der Waals surface area contributed by atoms with Gasteiger partial charge in [-0.15, -0.1) is 10.2 Å². The van der Waals surface area contributed by atoms with Gasteiger partial charge in [-0.25, -0.2) is 0 Å². The zero-order valence-corrected chi connectivity index (χ0v) is 15.0. The van der Waals surface area contributed by atoms with Crippen LogP contribution in [0.5, 0.6) is 0 Å². The third-order valence-electron chi connectivity index (χ3n) is 4.13. The zero-order valence-electron chi connectivity index (χ0n) is 14.2. The van der Waals surface area contributed by atoms with Gasteiger partial charge in [0.2, 0.25) is 11.7 Å². The number of hydrogen-bond acceptors (Lipinski definition) is 5. The molecule has 7 heteroatoms. The summed E-state index contributed by atoms with van der Waals surface area (Å²) >= 11 is 1.44. The summed E-state index contributed by atoms with van der Waals surface area (Å²) in [6.07, 6.45) is 7.62. The van der Waals surface area contributed by atoms with Gasteiger partial charge in [-0.3, -0.25) is 9.36 Å². The molecule has 0 radical (unpaired) electrons. The lowest BCUT2D eigenvalue weighted by atomic mass is 9.95. The number of aromatic nitrogens is 3. The Hall–Kier alpha value is -1.76. The Kier molecular flexibility index (Phi) is 5.60. The predicted molar refractivity (Wildman–Crippen MR) is 93.8 cm³/mol. The van der Waals surface area contributed by atoms with E-state index in [0.29, 0.717) is 11.8 Å². The molecule has 0 spiro atoms. The standard InChI is InChI=1S/C17H24N4O2S/c1-12(2)18-15(22)11-24-17-20-19-16(14-9-6-10-23-14)21(17)13-7-4-3-5-8-13/h6,9-10,12-13H,3-5,7-8,11H2,1-2H3,(H,18,22). The average Bonchev–Trinajstić information content (AvgIpc) is 3.22. The van der Waals surface area contributed by atoms with Gasteiger partial charge in [0, 0.05) is 12.1 Å². The van der Waals surface area contributed by atoms with Crippen LogP contribution in [0.2, 0.25) is 0 Å². The first kappa shape index (κ1) is 17.1. The quantitative estimate of drug-likeness (QED) is 0.807. The van der Waals surface area contributed by atoms with E-state index < -0.39 is 0 Å². The molecule has 0 aromatic carbocycles. The number of carbonyl (C=O) groups is 1. The highest BCUT2D eigenvalue weighted by molar-refractivity contribution is 7.99. The smallest absolute Gasteiger partial charge is 0.230 e. The second-order valence-corrected chi connectivity index (χ2v) is 7.40. The molecular formula is C17H24N4O2S. The van der Waals surface area contributed by atoms with E-state index >= 15 is 0 Å². The molecule has 1 aliphatic carbocycles. The molecule has 1 fully saturated rings. The summed E-state index contributed by atoms with van der Waals surface area (Å²) in [5.41, 5.74) is 0. The van der Waals surface area contributed by atoms with Gasteiger partial charge in [0.15, 0.2) is 10.9 Å². The molecule has 1 saturated carbocycles. The largest absolute Gasteiger partial charge is 0.461 e. The van der Waals surface area contributed by atoms with Crippen LogP contribution in [0.25, 0.3) is 11.6 Å². The van der Waals surface area contributed by atoms with Crippen molar-refractivity contribution in [3.8, 4) is 11.6 Å².